The van der Waals surface area contributed by atoms with E-state index in [2.05, 4.69) is 25.2 Å². The third kappa shape index (κ3) is 3.45. The highest BCUT2D eigenvalue weighted by atomic mass is 16.2. The topological polar surface area (TPSA) is 55.1 Å². The molecule has 0 radical (unpaired) electrons. The Kier molecular flexibility index (Phi) is 4.53. The third-order valence-electron chi connectivity index (χ3n) is 3.26. The van der Waals surface area contributed by atoms with Crippen molar-refractivity contribution in [2.24, 2.45) is 5.73 Å². The van der Waals surface area contributed by atoms with E-state index in [0.717, 1.165) is 11.3 Å². The van der Waals surface area contributed by atoms with Crippen molar-refractivity contribution in [3.8, 4) is 0 Å². The average Bonchev–Trinajstić information content (AvgIpc) is 2.47. The molecule has 0 aliphatic rings. The second-order valence-corrected chi connectivity index (χ2v) is 5.16. The second kappa shape index (κ2) is 6.35. The summed E-state index contributed by atoms with van der Waals surface area (Å²) < 4.78 is 0. The maximum absolute atomic E-state index is 12.2. The van der Waals surface area contributed by atoms with Gasteiger partial charge in [-0.05, 0) is 29.2 Å². The summed E-state index contributed by atoms with van der Waals surface area (Å²) in [6, 6.07) is 16.6. The molecule has 20 heavy (non-hydrogen) atoms. The van der Waals surface area contributed by atoms with Gasteiger partial charge in [0.1, 0.15) is 6.04 Å². The van der Waals surface area contributed by atoms with Crippen LogP contribution < -0.4 is 11.1 Å². The number of carbonyl (C=O) groups excluding carboxylic acids is 1. The van der Waals surface area contributed by atoms with E-state index in [1.807, 2.05) is 48.5 Å². The van der Waals surface area contributed by atoms with Gasteiger partial charge in [-0.15, -0.1) is 0 Å². The number of anilines is 1. The molecule has 0 spiro atoms. The fourth-order valence-electron chi connectivity index (χ4n) is 2.01. The molecule has 0 saturated carbocycles. The number of nitrogens with one attached hydrogen (secondary N) is 1. The first-order chi connectivity index (χ1) is 9.58. The fraction of sp³-hybridized carbons (Fsp3) is 0.235. The van der Waals surface area contributed by atoms with Crippen LogP contribution in [-0.2, 0) is 4.79 Å². The van der Waals surface area contributed by atoms with Crippen molar-refractivity contribution in [3.05, 3.63) is 65.7 Å². The lowest BCUT2D eigenvalue weighted by atomic mass is 10.0. The van der Waals surface area contributed by atoms with E-state index in [9.17, 15) is 4.79 Å². The van der Waals surface area contributed by atoms with Crippen molar-refractivity contribution in [1.29, 1.82) is 0 Å². The van der Waals surface area contributed by atoms with Crippen LogP contribution in [0.15, 0.2) is 54.6 Å². The van der Waals surface area contributed by atoms with Gasteiger partial charge in [0, 0.05) is 5.69 Å². The van der Waals surface area contributed by atoms with E-state index < -0.39 is 6.04 Å². The molecule has 2 rings (SSSR count). The van der Waals surface area contributed by atoms with E-state index in [0.29, 0.717) is 5.92 Å². The molecule has 1 atom stereocenters. The monoisotopic (exact) mass is 268 g/mol. The molecule has 104 valence electrons. The highest BCUT2D eigenvalue weighted by Crippen LogP contribution is 2.19. The van der Waals surface area contributed by atoms with Crippen LogP contribution in [0.25, 0.3) is 0 Å². The summed E-state index contributed by atoms with van der Waals surface area (Å²) >= 11 is 0. The van der Waals surface area contributed by atoms with E-state index in [1.54, 1.807) is 0 Å². The standard InChI is InChI=1S/C17H20N2O/c1-12(2)14-9-6-10-15(11-14)19-17(20)16(18)13-7-4-3-5-8-13/h3-12,16H,18H2,1-2H3,(H,19,20)/t16-/m0/s1. The summed E-state index contributed by atoms with van der Waals surface area (Å²) in [5, 5.41) is 2.87. The van der Waals surface area contributed by atoms with Crippen LogP contribution in [0.3, 0.4) is 0 Å². The molecule has 3 N–H and O–H groups in total. The van der Waals surface area contributed by atoms with Crippen molar-refractivity contribution in [2.75, 3.05) is 5.32 Å². The van der Waals surface area contributed by atoms with Gasteiger partial charge < -0.3 is 11.1 Å². The van der Waals surface area contributed by atoms with Crippen LogP contribution in [0.1, 0.15) is 36.9 Å². The Bertz CT molecular complexity index is 579. The zero-order chi connectivity index (χ0) is 14.5. The Labute approximate surface area is 119 Å². The minimum absolute atomic E-state index is 0.197. The van der Waals surface area contributed by atoms with Crippen LogP contribution in [0.4, 0.5) is 5.69 Å². The maximum atomic E-state index is 12.2. The molecule has 0 heterocycles. The summed E-state index contributed by atoms with van der Waals surface area (Å²) in [4.78, 5) is 12.2. The summed E-state index contributed by atoms with van der Waals surface area (Å²) in [6.45, 7) is 4.24. The van der Waals surface area contributed by atoms with Gasteiger partial charge in [0.05, 0.1) is 0 Å². The number of hydrogen-bond donors (Lipinski definition) is 2. The van der Waals surface area contributed by atoms with E-state index in [-0.39, 0.29) is 5.91 Å². The van der Waals surface area contributed by atoms with Crippen molar-refractivity contribution in [2.45, 2.75) is 25.8 Å². The third-order valence-corrected chi connectivity index (χ3v) is 3.26. The molecule has 0 aliphatic heterocycles. The minimum Gasteiger partial charge on any atom is -0.324 e. The van der Waals surface area contributed by atoms with E-state index in [4.69, 9.17) is 5.73 Å². The van der Waals surface area contributed by atoms with Gasteiger partial charge in [-0.3, -0.25) is 4.79 Å². The summed E-state index contributed by atoms with van der Waals surface area (Å²) in [7, 11) is 0. The number of amides is 1. The molecule has 1 amide bonds. The quantitative estimate of drug-likeness (QED) is 0.892. The van der Waals surface area contributed by atoms with Crippen molar-refractivity contribution in [1.82, 2.24) is 0 Å². The maximum Gasteiger partial charge on any atom is 0.245 e. The fourth-order valence-corrected chi connectivity index (χ4v) is 2.01. The van der Waals surface area contributed by atoms with Crippen LogP contribution in [-0.4, -0.2) is 5.91 Å². The molecular formula is C17H20N2O. The predicted octanol–water partition coefficient (Wildman–Crippen LogP) is 3.45. The first kappa shape index (κ1) is 14.3. The number of rotatable bonds is 4. The normalized spacial score (nSPS) is 12.2. The lowest BCUT2D eigenvalue weighted by molar-refractivity contribution is -0.117. The zero-order valence-electron chi connectivity index (χ0n) is 11.8. The van der Waals surface area contributed by atoms with E-state index >= 15 is 0 Å². The van der Waals surface area contributed by atoms with E-state index in [1.165, 1.54) is 5.56 Å². The summed E-state index contributed by atoms with van der Waals surface area (Å²) in [6.07, 6.45) is 0. The van der Waals surface area contributed by atoms with Crippen LogP contribution in [0, 0.1) is 0 Å². The molecule has 2 aromatic carbocycles. The Morgan fingerprint density at radius 3 is 2.30 bits per heavy atom. The van der Waals surface area contributed by atoms with Crippen molar-refractivity contribution < 1.29 is 4.79 Å². The summed E-state index contributed by atoms with van der Waals surface area (Å²) in [5.74, 6) is 0.228. The smallest absolute Gasteiger partial charge is 0.245 e. The molecule has 0 saturated heterocycles. The average molecular weight is 268 g/mol. The Balaban J connectivity index is 2.10. The van der Waals surface area contributed by atoms with Crippen molar-refractivity contribution >= 4 is 11.6 Å². The van der Waals surface area contributed by atoms with Gasteiger partial charge in [-0.1, -0.05) is 56.3 Å². The first-order valence-electron chi connectivity index (χ1n) is 6.79. The number of carbonyl (C=O) groups is 1. The number of benzene rings is 2. The van der Waals surface area contributed by atoms with Crippen LogP contribution in [0.2, 0.25) is 0 Å². The molecule has 0 bridgehead atoms. The molecule has 0 aliphatic carbocycles. The Morgan fingerprint density at radius 2 is 1.65 bits per heavy atom. The number of nitrogens with two attached hydrogens (primary N) is 1. The SMILES string of the molecule is CC(C)c1cccc(NC(=O)[C@@H](N)c2ccccc2)c1. The Hall–Kier alpha value is -2.13. The van der Waals surface area contributed by atoms with Crippen LogP contribution in [0.5, 0.6) is 0 Å². The molecule has 3 heteroatoms. The first-order valence-corrected chi connectivity index (χ1v) is 6.79. The lowest BCUT2D eigenvalue weighted by Gasteiger charge is -2.14. The second-order valence-electron chi connectivity index (χ2n) is 5.16. The zero-order valence-corrected chi connectivity index (χ0v) is 11.8. The molecule has 0 aromatic heterocycles. The van der Waals surface area contributed by atoms with Crippen molar-refractivity contribution in [3.63, 3.8) is 0 Å². The molecule has 0 unspecified atom stereocenters. The largest absolute Gasteiger partial charge is 0.324 e. The highest BCUT2D eigenvalue weighted by Gasteiger charge is 2.15. The van der Waals surface area contributed by atoms with Gasteiger partial charge in [-0.25, -0.2) is 0 Å². The van der Waals surface area contributed by atoms with Gasteiger partial charge in [0.15, 0.2) is 0 Å². The number of hydrogen-bond acceptors (Lipinski definition) is 2. The summed E-state index contributed by atoms with van der Waals surface area (Å²) in [5.41, 5.74) is 8.76. The minimum atomic E-state index is -0.654. The van der Waals surface area contributed by atoms with Gasteiger partial charge in [0.2, 0.25) is 5.91 Å². The van der Waals surface area contributed by atoms with Gasteiger partial charge in [-0.2, -0.15) is 0 Å². The van der Waals surface area contributed by atoms with Gasteiger partial charge in [0.25, 0.3) is 0 Å². The van der Waals surface area contributed by atoms with Crippen LogP contribution >= 0.6 is 0 Å². The molecule has 0 fully saturated rings. The molecule has 3 nitrogen and oxygen atoms in total. The Morgan fingerprint density at radius 1 is 1.00 bits per heavy atom. The highest BCUT2D eigenvalue weighted by molar-refractivity contribution is 5.95. The molecular weight excluding hydrogens is 248 g/mol. The van der Waals surface area contributed by atoms with Gasteiger partial charge >= 0.3 is 0 Å². The molecule has 2 aromatic rings. The predicted molar refractivity (Wildman–Crippen MR) is 82.5 cm³/mol. The lowest BCUT2D eigenvalue weighted by Crippen LogP contribution is -2.27.